The molecule has 0 saturated heterocycles. The van der Waals surface area contributed by atoms with Crippen LogP contribution in [0.5, 0.6) is 0 Å². The summed E-state index contributed by atoms with van der Waals surface area (Å²) in [5.41, 5.74) is 3.23. The van der Waals surface area contributed by atoms with Gasteiger partial charge in [0.05, 0.1) is 0 Å². The lowest BCUT2D eigenvalue weighted by Crippen LogP contribution is -1.81. The Morgan fingerprint density at radius 2 is 1.52 bits per heavy atom. The van der Waals surface area contributed by atoms with E-state index < -0.39 is 0 Å². The summed E-state index contributed by atoms with van der Waals surface area (Å²) in [6.45, 7) is 1.91. The van der Waals surface area contributed by atoms with Crippen LogP contribution in [0.15, 0.2) is 59.0 Å². The molecule has 2 aromatic carbocycles. The van der Waals surface area contributed by atoms with Crippen LogP contribution in [-0.2, 0) is 0 Å². The molecular weight excluding hydrogens is 282 g/mol. The van der Waals surface area contributed by atoms with Crippen molar-refractivity contribution in [1.82, 2.24) is 0 Å². The van der Waals surface area contributed by atoms with Crippen LogP contribution in [0.3, 0.4) is 0 Å². The van der Waals surface area contributed by atoms with E-state index in [-0.39, 0.29) is 0 Å². The number of halogens is 1. The summed E-state index contributed by atoms with van der Waals surface area (Å²) in [7, 11) is 0. The fourth-order valence-corrected chi connectivity index (χ4v) is 2.44. The Morgan fingerprint density at radius 3 is 2.14 bits per heavy atom. The van der Waals surface area contributed by atoms with Gasteiger partial charge >= 0.3 is 0 Å². The van der Waals surface area contributed by atoms with Crippen LogP contribution in [0.25, 0.3) is 22.6 Å². The first-order valence-electron chi connectivity index (χ1n) is 6.55. The maximum absolute atomic E-state index is 9.44. The van der Waals surface area contributed by atoms with Crippen LogP contribution in [0.1, 0.15) is 11.1 Å². The summed E-state index contributed by atoms with van der Waals surface area (Å²) in [4.78, 5) is 0. The summed E-state index contributed by atoms with van der Waals surface area (Å²) >= 11 is 5.91. The van der Waals surface area contributed by atoms with Gasteiger partial charge in [-0.1, -0.05) is 41.9 Å². The van der Waals surface area contributed by atoms with Gasteiger partial charge in [-0.3, -0.25) is 0 Å². The fourth-order valence-electron chi connectivity index (χ4n) is 2.32. The summed E-state index contributed by atoms with van der Waals surface area (Å²) in [5.74, 6) is 1.32. The highest BCUT2D eigenvalue weighted by Crippen LogP contribution is 2.36. The summed E-state index contributed by atoms with van der Waals surface area (Å²) < 4.78 is 5.98. The fraction of sp³-hybridized carbons (Fsp3) is 0.0556. The van der Waals surface area contributed by atoms with Crippen LogP contribution in [0.4, 0.5) is 0 Å². The quantitative estimate of drug-likeness (QED) is 0.630. The van der Waals surface area contributed by atoms with E-state index in [9.17, 15) is 5.26 Å². The second-order valence-corrected chi connectivity index (χ2v) is 5.18. The minimum atomic E-state index is 0.566. The van der Waals surface area contributed by atoms with Crippen LogP contribution in [0, 0.1) is 18.3 Å². The number of rotatable bonds is 2. The number of nitrogens with zero attached hydrogens (tertiary/aromatic N) is 1. The predicted octanol–water partition coefficient (Wildman–Crippen LogP) is 5.45. The Hall–Kier alpha value is -2.50. The minimum absolute atomic E-state index is 0.566. The molecule has 0 amide bonds. The standard InChI is InChI=1S/C18H12ClNO/c1-12-16(11-20)18(14-7-9-15(19)10-8-14)21-17(12)13-5-3-2-4-6-13/h2-10H,1H3. The van der Waals surface area contributed by atoms with E-state index in [1.807, 2.05) is 49.4 Å². The van der Waals surface area contributed by atoms with Crippen molar-refractivity contribution in [3.63, 3.8) is 0 Å². The third-order valence-corrected chi connectivity index (χ3v) is 3.65. The van der Waals surface area contributed by atoms with Gasteiger partial charge in [-0.05, 0) is 31.2 Å². The SMILES string of the molecule is Cc1c(-c2ccccc2)oc(-c2ccc(Cl)cc2)c1C#N. The van der Waals surface area contributed by atoms with E-state index in [1.165, 1.54) is 0 Å². The zero-order chi connectivity index (χ0) is 14.8. The van der Waals surface area contributed by atoms with E-state index in [2.05, 4.69) is 6.07 Å². The Morgan fingerprint density at radius 1 is 0.905 bits per heavy atom. The Kier molecular flexibility index (Phi) is 3.51. The lowest BCUT2D eigenvalue weighted by molar-refractivity contribution is 0.595. The number of benzene rings is 2. The molecule has 0 aliphatic carbocycles. The number of hydrogen-bond donors (Lipinski definition) is 0. The van der Waals surface area contributed by atoms with Crippen molar-refractivity contribution in [2.45, 2.75) is 6.92 Å². The summed E-state index contributed by atoms with van der Waals surface area (Å²) in [6.07, 6.45) is 0. The van der Waals surface area contributed by atoms with E-state index in [1.54, 1.807) is 12.1 Å². The molecule has 0 atom stereocenters. The Bertz CT molecular complexity index is 811. The van der Waals surface area contributed by atoms with Gasteiger partial charge in [0.1, 0.15) is 17.4 Å². The average Bonchev–Trinajstić information content (AvgIpc) is 2.85. The molecule has 3 heteroatoms. The molecule has 0 aliphatic rings. The molecule has 3 rings (SSSR count). The molecular formula is C18H12ClNO. The van der Waals surface area contributed by atoms with Crippen molar-refractivity contribution in [3.8, 4) is 28.7 Å². The smallest absolute Gasteiger partial charge is 0.152 e. The molecule has 21 heavy (non-hydrogen) atoms. The molecule has 2 nitrogen and oxygen atoms in total. The topological polar surface area (TPSA) is 36.9 Å². The van der Waals surface area contributed by atoms with E-state index in [0.717, 1.165) is 22.5 Å². The molecule has 0 aliphatic heterocycles. The number of furan rings is 1. The van der Waals surface area contributed by atoms with Gasteiger partial charge in [-0.15, -0.1) is 0 Å². The van der Waals surface area contributed by atoms with E-state index in [4.69, 9.17) is 16.0 Å². The van der Waals surface area contributed by atoms with Crippen LogP contribution >= 0.6 is 11.6 Å². The van der Waals surface area contributed by atoms with Crippen molar-refractivity contribution >= 4 is 11.6 Å². The molecule has 0 radical (unpaired) electrons. The van der Waals surface area contributed by atoms with E-state index >= 15 is 0 Å². The molecule has 3 aromatic rings. The first kappa shape index (κ1) is 13.5. The maximum atomic E-state index is 9.44. The van der Waals surface area contributed by atoms with E-state index in [0.29, 0.717) is 16.3 Å². The van der Waals surface area contributed by atoms with Crippen LogP contribution < -0.4 is 0 Å². The Balaban J connectivity index is 2.19. The maximum Gasteiger partial charge on any atom is 0.152 e. The lowest BCUT2D eigenvalue weighted by Gasteiger charge is -1.99. The second kappa shape index (κ2) is 5.47. The largest absolute Gasteiger partial charge is 0.454 e. The molecule has 0 saturated carbocycles. The van der Waals surface area contributed by atoms with Crippen molar-refractivity contribution < 1.29 is 4.42 Å². The van der Waals surface area contributed by atoms with Crippen LogP contribution in [-0.4, -0.2) is 0 Å². The molecule has 0 unspecified atom stereocenters. The lowest BCUT2D eigenvalue weighted by atomic mass is 10.0. The first-order chi connectivity index (χ1) is 10.2. The minimum Gasteiger partial charge on any atom is -0.454 e. The molecule has 0 spiro atoms. The van der Waals surface area contributed by atoms with Gasteiger partial charge in [0.15, 0.2) is 5.76 Å². The van der Waals surface area contributed by atoms with Crippen molar-refractivity contribution in [2.24, 2.45) is 0 Å². The van der Waals surface area contributed by atoms with Crippen molar-refractivity contribution in [2.75, 3.05) is 0 Å². The molecule has 1 aromatic heterocycles. The molecule has 0 fully saturated rings. The zero-order valence-corrected chi connectivity index (χ0v) is 12.2. The Labute approximate surface area is 128 Å². The predicted molar refractivity (Wildman–Crippen MR) is 84.0 cm³/mol. The van der Waals surface area contributed by atoms with Gasteiger partial charge in [0.25, 0.3) is 0 Å². The highest BCUT2D eigenvalue weighted by molar-refractivity contribution is 6.30. The van der Waals surface area contributed by atoms with Gasteiger partial charge in [-0.2, -0.15) is 5.26 Å². The molecule has 0 bridgehead atoms. The summed E-state index contributed by atoms with van der Waals surface area (Å²) in [6, 6.07) is 19.3. The van der Waals surface area contributed by atoms with Gasteiger partial charge in [0, 0.05) is 21.7 Å². The number of nitriles is 1. The number of hydrogen-bond acceptors (Lipinski definition) is 2. The van der Waals surface area contributed by atoms with Crippen molar-refractivity contribution in [3.05, 3.63) is 70.7 Å². The summed E-state index contributed by atoms with van der Waals surface area (Å²) in [5, 5.41) is 10.1. The van der Waals surface area contributed by atoms with Crippen LogP contribution in [0.2, 0.25) is 5.02 Å². The van der Waals surface area contributed by atoms with Crippen molar-refractivity contribution in [1.29, 1.82) is 5.26 Å². The third kappa shape index (κ3) is 2.44. The molecule has 1 heterocycles. The normalized spacial score (nSPS) is 10.3. The van der Waals surface area contributed by atoms with Gasteiger partial charge in [0.2, 0.25) is 0 Å². The average molecular weight is 294 g/mol. The second-order valence-electron chi connectivity index (χ2n) is 4.75. The highest BCUT2D eigenvalue weighted by Gasteiger charge is 2.19. The monoisotopic (exact) mass is 293 g/mol. The zero-order valence-electron chi connectivity index (χ0n) is 11.4. The first-order valence-corrected chi connectivity index (χ1v) is 6.93. The van der Waals surface area contributed by atoms with Gasteiger partial charge in [-0.25, -0.2) is 0 Å². The third-order valence-electron chi connectivity index (χ3n) is 3.40. The molecule has 102 valence electrons. The highest BCUT2D eigenvalue weighted by atomic mass is 35.5. The van der Waals surface area contributed by atoms with Gasteiger partial charge < -0.3 is 4.42 Å². The molecule has 0 N–H and O–H groups in total.